The van der Waals surface area contributed by atoms with Crippen LogP contribution in [-0.2, 0) is 14.3 Å². The molecule has 0 amide bonds. The maximum absolute atomic E-state index is 9.75. The van der Waals surface area contributed by atoms with Crippen LogP contribution in [0.2, 0.25) is 5.02 Å². The molecule has 3 nitrogen and oxygen atoms in total. The highest BCUT2D eigenvalue weighted by Gasteiger charge is 1.84. The summed E-state index contributed by atoms with van der Waals surface area (Å²) in [5.74, 6) is -0.329. The van der Waals surface area contributed by atoms with Crippen LogP contribution in [0.15, 0.2) is 69.4 Å². The highest BCUT2D eigenvalue weighted by atomic mass is 35.5. The maximum atomic E-state index is 9.75. The Labute approximate surface area is 125 Å². The number of hydrogen-bond acceptors (Lipinski definition) is 3. The molecule has 1 rings (SSSR count). The minimum Gasteiger partial charge on any atom is -0.474 e. The number of ether oxygens (including phenoxy) is 2. The minimum absolute atomic E-state index is 0.329. The maximum Gasteiger partial charge on any atom is 0.307 e. The molecule has 1 aromatic carbocycles. The minimum atomic E-state index is -0.329. The van der Waals surface area contributed by atoms with Gasteiger partial charge >= 0.3 is 5.97 Å². The molecule has 20 heavy (non-hydrogen) atoms. The highest BCUT2D eigenvalue weighted by molar-refractivity contribution is 6.30. The van der Waals surface area contributed by atoms with Crippen LogP contribution in [0.25, 0.3) is 6.08 Å². The van der Waals surface area contributed by atoms with Gasteiger partial charge in [-0.15, -0.1) is 0 Å². The Hall–Kier alpha value is -2.26. The molecule has 0 saturated heterocycles. The summed E-state index contributed by atoms with van der Waals surface area (Å²) < 4.78 is 8.53. The number of carbonyl (C=O) groups excluding carboxylic acids is 1. The van der Waals surface area contributed by atoms with Gasteiger partial charge in [0.05, 0.1) is 18.8 Å². The predicted molar refractivity (Wildman–Crippen MR) is 85.0 cm³/mol. The fourth-order valence-electron chi connectivity index (χ4n) is 0.784. The van der Waals surface area contributed by atoms with Crippen molar-refractivity contribution in [2.45, 2.75) is 6.92 Å². The fraction of sp³-hybridized carbons (Fsp3) is 0.0625. The molecule has 0 heterocycles. The number of hydrogen-bond donors (Lipinski definition) is 0. The smallest absolute Gasteiger partial charge is 0.307 e. The standard InChI is InChI=1S/C8H7Cl.C4H6O2.C4H6O/c1-2-7-3-5-8(9)6-4-7;1-3-6-4(2)5;1-3-5-4-2/h2-6H,1H2;3H,1H2,2H3;3-4H,1-2H2. The molecule has 0 unspecified atom stereocenters. The lowest BCUT2D eigenvalue weighted by molar-refractivity contribution is -0.135. The molecule has 0 saturated carbocycles. The largest absolute Gasteiger partial charge is 0.474 e. The molecule has 0 aliphatic heterocycles. The number of benzene rings is 1. The van der Waals surface area contributed by atoms with Gasteiger partial charge in [-0.05, 0) is 17.7 Å². The van der Waals surface area contributed by atoms with Crippen molar-refractivity contribution in [2.75, 3.05) is 0 Å². The van der Waals surface area contributed by atoms with Gasteiger partial charge in [0.2, 0.25) is 0 Å². The second kappa shape index (κ2) is 14.8. The van der Waals surface area contributed by atoms with Gasteiger partial charge in [0.15, 0.2) is 0 Å². The number of carbonyl (C=O) groups is 1. The molecule has 0 aliphatic rings. The van der Waals surface area contributed by atoms with Gasteiger partial charge in [-0.3, -0.25) is 4.79 Å². The van der Waals surface area contributed by atoms with Crippen molar-refractivity contribution in [3.8, 4) is 0 Å². The van der Waals surface area contributed by atoms with E-state index in [1.807, 2.05) is 24.3 Å². The third kappa shape index (κ3) is 15.7. The van der Waals surface area contributed by atoms with E-state index in [0.29, 0.717) is 0 Å². The summed E-state index contributed by atoms with van der Waals surface area (Å²) in [5, 5.41) is 0.764. The Morgan fingerprint density at radius 3 is 1.75 bits per heavy atom. The lowest BCUT2D eigenvalue weighted by Crippen LogP contribution is -1.87. The zero-order chi connectivity index (χ0) is 15.8. The summed E-state index contributed by atoms with van der Waals surface area (Å²) in [6.07, 6.45) is 5.51. The van der Waals surface area contributed by atoms with Crippen molar-refractivity contribution in [3.63, 3.8) is 0 Å². The third-order valence-corrected chi connectivity index (χ3v) is 1.80. The third-order valence-electron chi connectivity index (χ3n) is 1.55. The van der Waals surface area contributed by atoms with E-state index in [1.54, 1.807) is 6.08 Å². The van der Waals surface area contributed by atoms with E-state index in [9.17, 15) is 4.79 Å². The highest BCUT2D eigenvalue weighted by Crippen LogP contribution is 2.09. The van der Waals surface area contributed by atoms with Crippen LogP contribution in [0.1, 0.15) is 12.5 Å². The van der Waals surface area contributed by atoms with E-state index < -0.39 is 0 Å². The van der Waals surface area contributed by atoms with E-state index in [0.717, 1.165) is 16.8 Å². The average Bonchev–Trinajstić information content (AvgIpc) is 2.42. The molecular formula is C16H19ClO3. The first-order valence-electron chi connectivity index (χ1n) is 5.55. The zero-order valence-corrected chi connectivity index (χ0v) is 12.3. The van der Waals surface area contributed by atoms with Crippen LogP contribution in [-0.4, -0.2) is 5.97 Å². The Kier molecular flexibility index (Phi) is 14.8. The summed E-state index contributed by atoms with van der Waals surface area (Å²) in [7, 11) is 0. The monoisotopic (exact) mass is 294 g/mol. The van der Waals surface area contributed by atoms with E-state index in [1.165, 1.54) is 19.4 Å². The SMILES string of the molecule is C=COC(C)=O.C=COC=C.C=Cc1ccc(Cl)cc1. The van der Waals surface area contributed by atoms with Crippen LogP contribution in [0.3, 0.4) is 0 Å². The van der Waals surface area contributed by atoms with Crippen LogP contribution in [0.5, 0.6) is 0 Å². The Bertz CT molecular complexity index is 416. The van der Waals surface area contributed by atoms with Crippen molar-refractivity contribution in [1.82, 2.24) is 0 Å². The molecule has 0 bridgehead atoms. The molecule has 0 atom stereocenters. The molecule has 0 N–H and O–H groups in total. The Morgan fingerprint density at radius 2 is 1.55 bits per heavy atom. The van der Waals surface area contributed by atoms with Gasteiger partial charge in [-0.2, -0.15) is 0 Å². The quantitative estimate of drug-likeness (QED) is 0.581. The van der Waals surface area contributed by atoms with E-state index >= 15 is 0 Å². The van der Waals surface area contributed by atoms with Crippen molar-refractivity contribution in [3.05, 3.63) is 80.0 Å². The van der Waals surface area contributed by atoms with Crippen LogP contribution >= 0.6 is 11.6 Å². The molecule has 0 spiro atoms. The summed E-state index contributed by atoms with van der Waals surface area (Å²) in [6.45, 7) is 14.6. The van der Waals surface area contributed by atoms with Gasteiger partial charge < -0.3 is 9.47 Å². The van der Waals surface area contributed by atoms with Gasteiger partial charge in [0, 0.05) is 11.9 Å². The van der Waals surface area contributed by atoms with Gasteiger partial charge in [-0.25, -0.2) is 0 Å². The van der Waals surface area contributed by atoms with Crippen LogP contribution < -0.4 is 0 Å². The molecule has 0 aliphatic carbocycles. The first-order valence-corrected chi connectivity index (χ1v) is 5.93. The Balaban J connectivity index is 0. The lowest BCUT2D eigenvalue weighted by Gasteiger charge is -1.89. The van der Waals surface area contributed by atoms with E-state index in [2.05, 4.69) is 35.8 Å². The van der Waals surface area contributed by atoms with Gasteiger partial charge in [-0.1, -0.05) is 56.1 Å². The lowest BCUT2D eigenvalue weighted by atomic mass is 10.2. The first kappa shape index (κ1) is 20.1. The van der Waals surface area contributed by atoms with Gasteiger partial charge in [0.1, 0.15) is 0 Å². The number of esters is 1. The van der Waals surface area contributed by atoms with Crippen molar-refractivity contribution < 1.29 is 14.3 Å². The summed E-state index contributed by atoms with van der Waals surface area (Å²) in [4.78, 5) is 9.75. The Morgan fingerprint density at radius 1 is 1.05 bits per heavy atom. The summed E-state index contributed by atoms with van der Waals surface area (Å²) in [6, 6.07) is 7.54. The second-order valence-corrected chi connectivity index (χ2v) is 3.44. The van der Waals surface area contributed by atoms with Crippen LogP contribution in [0.4, 0.5) is 0 Å². The van der Waals surface area contributed by atoms with Crippen molar-refractivity contribution in [1.29, 1.82) is 0 Å². The van der Waals surface area contributed by atoms with E-state index in [4.69, 9.17) is 11.6 Å². The predicted octanol–water partition coefficient (Wildman–Crippen LogP) is 4.97. The molecule has 1 aromatic rings. The topological polar surface area (TPSA) is 35.5 Å². The summed E-state index contributed by atoms with van der Waals surface area (Å²) >= 11 is 5.63. The average molecular weight is 295 g/mol. The number of halogens is 1. The summed E-state index contributed by atoms with van der Waals surface area (Å²) in [5.41, 5.74) is 1.10. The van der Waals surface area contributed by atoms with Crippen molar-refractivity contribution in [2.24, 2.45) is 0 Å². The molecule has 0 radical (unpaired) electrons. The van der Waals surface area contributed by atoms with Crippen LogP contribution in [0, 0.1) is 0 Å². The zero-order valence-electron chi connectivity index (χ0n) is 11.5. The molecule has 108 valence electrons. The van der Waals surface area contributed by atoms with Crippen molar-refractivity contribution >= 4 is 23.6 Å². The molecular weight excluding hydrogens is 276 g/mol. The number of rotatable bonds is 4. The van der Waals surface area contributed by atoms with Gasteiger partial charge in [0.25, 0.3) is 0 Å². The normalized spacial score (nSPS) is 7.50. The molecule has 4 heteroatoms. The molecule has 0 fully saturated rings. The second-order valence-electron chi connectivity index (χ2n) is 3.00. The fourth-order valence-corrected chi connectivity index (χ4v) is 0.910. The van der Waals surface area contributed by atoms with E-state index in [-0.39, 0.29) is 5.97 Å². The molecule has 0 aromatic heterocycles. The first-order chi connectivity index (χ1) is 9.51.